The first-order valence-corrected chi connectivity index (χ1v) is 7.98. The third-order valence-electron chi connectivity index (χ3n) is 3.72. The fourth-order valence-corrected chi connectivity index (χ4v) is 2.35. The minimum Gasteiger partial charge on any atom is -0.494 e. The molecule has 0 bridgehead atoms. The van der Waals surface area contributed by atoms with E-state index in [0.717, 1.165) is 0 Å². The van der Waals surface area contributed by atoms with E-state index in [9.17, 15) is 14.4 Å². The second-order valence-electron chi connectivity index (χ2n) is 5.65. The minimum absolute atomic E-state index is 0.145. The van der Waals surface area contributed by atoms with Gasteiger partial charge in [0.25, 0.3) is 0 Å². The average molecular weight is 343 g/mol. The summed E-state index contributed by atoms with van der Waals surface area (Å²) in [5, 5.41) is 0. The summed E-state index contributed by atoms with van der Waals surface area (Å²) >= 11 is 0. The van der Waals surface area contributed by atoms with E-state index in [1.54, 1.807) is 37.5 Å². The summed E-state index contributed by atoms with van der Waals surface area (Å²) in [5.41, 5.74) is 1.07. The predicted molar refractivity (Wildman–Crippen MR) is 92.2 cm³/mol. The Morgan fingerprint density at radius 2 is 1.76 bits per heavy atom. The number of nitrogens with zero attached hydrogens (tertiary/aromatic N) is 1. The molecule has 1 aromatic carbocycles. The van der Waals surface area contributed by atoms with Gasteiger partial charge in [-0.3, -0.25) is 9.59 Å². The van der Waals surface area contributed by atoms with Crippen LogP contribution in [-0.4, -0.2) is 34.8 Å². The van der Waals surface area contributed by atoms with Gasteiger partial charge in [0.2, 0.25) is 5.78 Å². The number of rotatable bonds is 7. The van der Waals surface area contributed by atoms with E-state index in [4.69, 9.17) is 9.47 Å². The van der Waals surface area contributed by atoms with Gasteiger partial charge in [-0.05, 0) is 51.1 Å². The van der Waals surface area contributed by atoms with Crippen LogP contribution >= 0.6 is 0 Å². The Bertz CT molecular complexity index is 789. The van der Waals surface area contributed by atoms with Crippen molar-refractivity contribution in [1.82, 2.24) is 4.57 Å². The van der Waals surface area contributed by atoms with Crippen molar-refractivity contribution < 1.29 is 23.9 Å². The van der Waals surface area contributed by atoms with Gasteiger partial charge < -0.3 is 14.0 Å². The molecule has 0 N–H and O–H groups in total. The first-order chi connectivity index (χ1) is 11.8. The van der Waals surface area contributed by atoms with Gasteiger partial charge in [0.1, 0.15) is 11.4 Å². The third kappa shape index (κ3) is 4.35. The van der Waals surface area contributed by atoms with Crippen LogP contribution in [0.4, 0.5) is 0 Å². The number of ketones is 2. The quantitative estimate of drug-likeness (QED) is 0.570. The zero-order chi connectivity index (χ0) is 18.6. The lowest BCUT2D eigenvalue weighted by atomic mass is 10.1. The van der Waals surface area contributed by atoms with Crippen LogP contribution in [0.15, 0.2) is 36.5 Å². The molecular weight excluding hydrogens is 322 g/mol. The summed E-state index contributed by atoms with van der Waals surface area (Å²) in [6.45, 7) is 5.36. The Kier molecular flexibility index (Phi) is 5.75. The molecule has 1 atom stereocenters. The molecule has 0 radical (unpaired) electrons. The number of hydrogen-bond acceptors (Lipinski definition) is 5. The van der Waals surface area contributed by atoms with Crippen LogP contribution in [0, 0.1) is 0 Å². The number of esters is 1. The Morgan fingerprint density at radius 3 is 2.28 bits per heavy atom. The standard InChI is InChI=1S/C19H21NO5/c1-5-24-16-8-6-14(7-9-16)18(22)13(3)25-19(23)17-10-15(12(2)21)11-20(17)4/h6-11,13H,5H2,1-4H3/t13-/m1/s1. The van der Waals surface area contributed by atoms with E-state index >= 15 is 0 Å². The maximum Gasteiger partial charge on any atom is 0.355 e. The summed E-state index contributed by atoms with van der Waals surface area (Å²) in [7, 11) is 1.64. The molecule has 2 rings (SSSR count). The molecule has 0 aliphatic heterocycles. The van der Waals surface area contributed by atoms with Gasteiger partial charge in [0.05, 0.1) is 6.61 Å². The zero-order valence-corrected chi connectivity index (χ0v) is 14.7. The maximum atomic E-state index is 12.4. The molecule has 0 fully saturated rings. The SMILES string of the molecule is CCOc1ccc(C(=O)[C@@H](C)OC(=O)c2cc(C(C)=O)cn2C)cc1. The molecule has 0 aliphatic carbocycles. The zero-order valence-electron chi connectivity index (χ0n) is 14.7. The molecule has 0 saturated carbocycles. The van der Waals surface area contributed by atoms with Crippen LogP contribution in [-0.2, 0) is 11.8 Å². The first-order valence-electron chi connectivity index (χ1n) is 7.98. The number of carbonyl (C=O) groups is 3. The van der Waals surface area contributed by atoms with E-state index in [-0.39, 0.29) is 17.3 Å². The van der Waals surface area contributed by atoms with Gasteiger partial charge in [-0.15, -0.1) is 0 Å². The van der Waals surface area contributed by atoms with Gasteiger partial charge in [-0.1, -0.05) is 0 Å². The molecule has 0 spiro atoms. The summed E-state index contributed by atoms with van der Waals surface area (Å²) in [6.07, 6.45) is 0.610. The monoisotopic (exact) mass is 343 g/mol. The van der Waals surface area contributed by atoms with Gasteiger partial charge in [-0.2, -0.15) is 0 Å². The molecule has 1 aromatic heterocycles. The summed E-state index contributed by atoms with van der Waals surface area (Å²) < 4.78 is 12.1. The van der Waals surface area contributed by atoms with E-state index in [0.29, 0.717) is 23.5 Å². The number of ether oxygens (including phenoxy) is 2. The highest BCUT2D eigenvalue weighted by Gasteiger charge is 2.22. The van der Waals surface area contributed by atoms with Crippen molar-refractivity contribution >= 4 is 17.5 Å². The minimum atomic E-state index is -0.943. The number of benzene rings is 1. The van der Waals surface area contributed by atoms with Crippen LogP contribution in [0.3, 0.4) is 0 Å². The molecule has 0 aliphatic rings. The molecule has 6 heteroatoms. The Hall–Kier alpha value is -2.89. The molecule has 132 valence electrons. The Labute approximate surface area is 146 Å². The van der Waals surface area contributed by atoms with Crippen molar-refractivity contribution in [3.8, 4) is 5.75 Å². The largest absolute Gasteiger partial charge is 0.494 e. The maximum absolute atomic E-state index is 12.4. The lowest BCUT2D eigenvalue weighted by Crippen LogP contribution is -2.25. The lowest BCUT2D eigenvalue weighted by molar-refractivity contribution is 0.0309. The highest BCUT2D eigenvalue weighted by molar-refractivity contribution is 6.02. The molecule has 0 unspecified atom stereocenters. The van der Waals surface area contributed by atoms with E-state index in [1.165, 1.54) is 24.5 Å². The fraction of sp³-hybridized carbons (Fsp3) is 0.316. The van der Waals surface area contributed by atoms with E-state index in [2.05, 4.69) is 0 Å². The fourth-order valence-electron chi connectivity index (χ4n) is 2.35. The summed E-state index contributed by atoms with van der Waals surface area (Å²) in [6, 6.07) is 8.12. The summed E-state index contributed by atoms with van der Waals surface area (Å²) in [5.74, 6) is -0.434. The van der Waals surface area contributed by atoms with Crippen molar-refractivity contribution in [1.29, 1.82) is 0 Å². The van der Waals surface area contributed by atoms with E-state index in [1.807, 2.05) is 6.92 Å². The number of hydrogen-bond donors (Lipinski definition) is 0. The number of aryl methyl sites for hydroxylation is 1. The molecule has 6 nitrogen and oxygen atoms in total. The Morgan fingerprint density at radius 1 is 1.12 bits per heavy atom. The van der Waals surface area contributed by atoms with Crippen molar-refractivity contribution in [2.75, 3.05) is 6.61 Å². The predicted octanol–water partition coefficient (Wildman–Crippen LogP) is 3.05. The van der Waals surface area contributed by atoms with Crippen LogP contribution in [0.5, 0.6) is 5.75 Å². The normalized spacial score (nSPS) is 11.7. The molecule has 0 amide bonds. The molecule has 2 aromatic rings. The molecule has 1 heterocycles. The van der Waals surface area contributed by atoms with Crippen LogP contribution in [0.1, 0.15) is 52.0 Å². The third-order valence-corrected chi connectivity index (χ3v) is 3.72. The van der Waals surface area contributed by atoms with Gasteiger partial charge >= 0.3 is 5.97 Å². The van der Waals surface area contributed by atoms with Gasteiger partial charge in [-0.25, -0.2) is 4.79 Å². The topological polar surface area (TPSA) is 74.6 Å². The number of aromatic nitrogens is 1. The van der Waals surface area contributed by atoms with E-state index < -0.39 is 12.1 Å². The van der Waals surface area contributed by atoms with Crippen LogP contribution < -0.4 is 4.74 Å². The molecular formula is C19H21NO5. The number of Topliss-reactive ketones (excluding diaryl/α,β-unsaturated/α-hetero) is 2. The molecule has 25 heavy (non-hydrogen) atoms. The lowest BCUT2D eigenvalue weighted by Gasteiger charge is -2.13. The van der Waals surface area contributed by atoms with Crippen molar-refractivity contribution in [3.63, 3.8) is 0 Å². The molecule has 0 saturated heterocycles. The van der Waals surface area contributed by atoms with Crippen molar-refractivity contribution in [2.45, 2.75) is 26.9 Å². The number of carbonyl (C=O) groups excluding carboxylic acids is 3. The summed E-state index contributed by atoms with van der Waals surface area (Å²) in [4.78, 5) is 36.1. The van der Waals surface area contributed by atoms with Gasteiger partial charge in [0.15, 0.2) is 11.9 Å². The highest BCUT2D eigenvalue weighted by Crippen LogP contribution is 2.16. The first kappa shape index (κ1) is 18.4. The van der Waals surface area contributed by atoms with Gasteiger partial charge in [0, 0.05) is 24.4 Å². The second kappa shape index (κ2) is 7.79. The second-order valence-corrected chi connectivity index (χ2v) is 5.65. The van der Waals surface area contributed by atoms with Crippen LogP contribution in [0.2, 0.25) is 0 Å². The van der Waals surface area contributed by atoms with Crippen molar-refractivity contribution in [3.05, 3.63) is 53.3 Å². The van der Waals surface area contributed by atoms with Crippen LogP contribution in [0.25, 0.3) is 0 Å². The average Bonchev–Trinajstić information content (AvgIpc) is 2.97. The van der Waals surface area contributed by atoms with Crippen molar-refractivity contribution in [2.24, 2.45) is 7.05 Å². The highest BCUT2D eigenvalue weighted by atomic mass is 16.5. The Balaban J connectivity index is 2.07. The smallest absolute Gasteiger partial charge is 0.355 e.